The maximum Gasteiger partial charge on any atom is 0.134 e. The Bertz CT molecular complexity index is 535. The average molecular weight is 292 g/mol. The van der Waals surface area contributed by atoms with Crippen molar-refractivity contribution in [2.45, 2.75) is 12.5 Å². The zero-order valence-corrected chi connectivity index (χ0v) is 11.0. The van der Waals surface area contributed by atoms with Gasteiger partial charge in [0.15, 0.2) is 0 Å². The van der Waals surface area contributed by atoms with E-state index in [1.807, 2.05) is 12.3 Å². The zero-order chi connectivity index (χ0) is 11.7. The van der Waals surface area contributed by atoms with Gasteiger partial charge in [-0.15, -0.1) is 0 Å². The number of nitrogens with zero attached hydrogens (tertiary/aromatic N) is 1. The van der Waals surface area contributed by atoms with Gasteiger partial charge in [0.25, 0.3) is 0 Å². The Balaban J connectivity index is 1.97. The second-order valence-corrected chi connectivity index (χ2v) is 5.27. The molecule has 0 saturated carbocycles. The fraction of sp³-hybridized carbons (Fsp3) is 0.308. The van der Waals surface area contributed by atoms with Gasteiger partial charge in [-0.25, -0.2) is 4.98 Å². The maximum absolute atomic E-state index is 4.45. The van der Waals surface area contributed by atoms with Crippen LogP contribution in [0, 0.1) is 0 Å². The Morgan fingerprint density at radius 2 is 2.29 bits per heavy atom. The normalized spacial score (nSPS) is 19.7. The fourth-order valence-electron chi connectivity index (χ4n) is 2.23. The van der Waals surface area contributed by atoms with Crippen LogP contribution in [0.1, 0.15) is 6.42 Å². The van der Waals surface area contributed by atoms with Crippen LogP contribution in [0.3, 0.4) is 0 Å². The van der Waals surface area contributed by atoms with Crippen LogP contribution in [0.2, 0.25) is 0 Å². The van der Waals surface area contributed by atoms with Crippen LogP contribution in [-0.2, 0) is 0 Å². The minimum atomic E-state index is 0.497. The Labute approximate surface area is 109 Å². The van der Waals surface area contributed by atoms with Gasteiger partial charge >= 0.3 is 0 Å². The van der Waals surface area contributed by atoms with Gasteiger partial charge in [-0.05, 0) is 42.6 Å². The molecule has 1 saturated heterocycles. The first-order valence-corrected chi connectivity index (χ1v) is 6.64. The smallest absolute Gasteiger partial charge is 0.134 e. The van der Waals surface area contributed by atoms with Gasteiger partial charge in [-0.1, -0.05) is 15.9 Å². The number of hydrogen-bond acceptors (Lipinski definition) is 3. The lowest BCUT2D eigenvalue weighted by Gasteiger charge is -2.13. The van der Waals surface area contributed by atoms with E-state index < -0.39 is 0 Å². The Morgan fingerprint density at radius 1 is 1.35 bits per heavy atom. The summed E-state index contributed by atoms with van der Waals surface area (Å²) >= 11 is 3.49. The molecule has 2 N–H and O–H groups in total. The van der Waals surface area contributed by atoms with Gasteiger partial charge in [0.05, 0.1) is 0 Å². The highest BCUT2D eigenvalue weighted by Crippen LogP contribution is 2.25. The molecule has 0 radical (unpaired) electrons. The third-order valence-corrected chi connectivity index (χ3v) is 3.62. The van der Waals surface area contributed by atoms with Crippen LogP contribution in [0.15, 0.2) is 34.9 Å². The van der Waals surface area contributed by atoms with Crippen molar-refractivity contribution in [3.8, 4) is 0 Å². The first-order chi connectivity index (χ1) is 8.33. The molecule has 17 heavy (non-hydrogen) atoms. The first-order valence-electron chi connectivity index (χ1n) is 5.84. The van der Waals surface area contributed by atoms with E-state index in [2.05, 4.69) is 49.7 Å². The lowest BCUT2D eigenvalue weighted by molar-refractivity contribution is 0.789. The van der Waals surface area contributed by atoms with Crippen molar-refractivity contribution in [1.29, 1.82) is 0 Å². The summed E-state index contributed by atoms with van der Waals surface area (Å²) in [7, 11) is 0. The van der Waals surface area contributed by atoms with E-state index in [1.54, 1.807) is 0 Å². The Kier molecular flexibility index (Phi) is 2.99. The number of anilines is 1. The molecule has 1 unspecified atom stereocenters. The summed E-state index contributed by atoms with van der Waals surface area (Å²) in [5, 5.41) is 9.26. The maximum atomic E-state index is 4.45. The van der Waals surface area contributed by atoms with Gasteiger partial charge < -0.3 is 10.6 Å². The van der Waals surface area contributed by atoms with Crippen LogP contribution < -0.4 is 10.6 Å². The number of hydrogen-bond donors (Lipinski definition) is 2. The quantitative estimate of drug-likeness (QED) is 0.893. The molecule has 1 fully saturated rings. The van der Waals surface area contributed by atoms with Crippen LogP contribution in [0.4, 0.5) is 5.82 Å². The van der Waals surface area contributed by atoms with E-state index >= 15 is 0 Å². The minimum Gasteiger partial charge on any atom is -0.365 e. The number of rotatable bonds is 2. The largest absolute Gasteiger partial charge is 0.365 e. The zero-order valence-electron chi connectivity index (χ0n) is 9.41. The molecule has 1 aromatic carbocycles. The molecule has 1 atom stereocenters. The minimum absolute atomic E-state index is 0.497. The number of benzene rings is 1. The summed E-state index contributed by atoms with van der Waals surface area (Å²) in [6, 6.07) is 8.82. The third-order valence-electron chi connectivity index (χ3n) is 3.13. The molecular formula is C13H14BrN3. The van der Waals surface area contributed by atoms with Crippen molar-refractivity contribution in [3.63, 3.8) is 0 Å². The summed E-state index contributed by atoms with van der Waals surface area (Å²) < 4.78 is 1.10. The van der Waals surface area contributed by atoms with E-state index in [-0.39, 0.29) is 0 Å². The van der Waals surface area contributed by atoms with Crippen molar-refractivity contribution < 1.29 is 0 Å². The molecular weight excluding hydrogens is 278 g/mol. The molecule has 2 aromatic rings. The highest BCUT2D eigenvalue weighted by atomic mass is 79.9. The molecule has 3 nitrogen and oxygen atoms in total. The molecule has 3 rings (SSSR count). The lowest BCUT2D eigenvalue weighted by Crippen LogP contribution is -2.22. The number of nitrogens with one attached hydrogen (secondary N) is 2. The van der Waals surface area contributed by atoms with Gasteiger partial charge in [0.2, 0.25) is 0 Å². The number of halogens is 1. The van der Waals surface area contributed by atoms with E-state index in [0.29, 0.717) is 6.04 Å². The molecule has 1 aliphatic rings. The monoisotopic (exact) mass is 291 g/mol. The molecule has 1 aliphatic heterocycles. The predicted octanol–water partition coefficient (Wildman–Crippen LogP) is 2.77. The number of pyridine rings is 1. The van der Waals surface area contributed by atoms with Crippen LogP contribution in [-0.4, -0.2) is 24.1 Å². The van der Waals surface area contributed by atoms with Gasteiger partial charge in [-0.2, -0.15) is 0 Å². The van der Waals surface area contributed by atoms with Gasteiger partial charge in [-0.3, -0.25) is 0 Å². The molecule has 0 bridgehead atoms. The summed E-state index contributed by atoms with van der Waals surface area (Å²) in [5.74, 6) is 0.990. The molecule has 0 amide bonds. The van der Waals surface area contributed by atoms with Crippen molar-refractivity contribution in [1.82, 2.24) is 10.3 Å². The van der Waals surface area contributed by atoms with Crippen LogP contribution >= 0.6 is 15.9 Å². The molecule has 1 aromatic heterocycles. The second-order valence-electron chi connectivity index (χ2n) is 4.36. The van der Waals surface area contributed by atoms with Crippen molar-refractivity contribution in [3.05, 3.63) is 34.9 Å². The Hall–Kier alpha value is -1.13. The summed E-state index contributed by atoms with van der Waals surface area (Å²) in [6.45, 7) is 2.11. The molecule has 0 aliphatic carbocycles. The Morgan fingerprint density at radius 3 is 3.12 bits per heavy atom. The van der Waals surface area contributed by atoms with Crippen LogP contribution in [0.5, 0.6) is 0 Å². The van der Waals surface area contributed by atoms with E-state index in [0.717, 1.165) is 29.8 Å². The lowest BCUT2D eigenvalue weighted by atomic mass is 10.1. The van der Waals surface area contributed by atoms with Crippen molar-refractivity contribution in [2.24, 2.45) is 0 Å². The second kappa shape index (κ2) is 4.63. The topological polar surface area (TPSA) is 37.0 Å². The first kappa shape index (κ1) is 11.0. The standard InChI is InChI=1S/C13H14BrN3/c14-10-1-2-12-9(7-10)3-6-16-13(12)17-11-4-5-15-8-11/h1-3,6-7,11,15H,4-5,8H2,(H,16,17). The predicted molar refractivity (Wildman–Crippen MR) is 74.3 cm³/mol. The van der Waals surface area contributed by atoms with Gasteiger partial charge in [0, 0.05) is 28.6 Å². The average Bonchev–Trinajstić information content (AvgIpc) is 2.82. The number of aromatic nitrogens is 1. The molecule has 2 heterocycles. The third kappa shape index (κ3) is 2.28. The summed E-state index contributed by atoms with van der Waals surface area (Å²) in [5.41, 5.74) is 0. The molecule has 88 valence electrons. The van der Waals surface area contributed by atoms with Crippen molar-refractivity contribution >= 4 is 32.5 Å². The summed E-state index contributed by atoms with van der Waals surface area (Å²) in [6.07, 6.45) is 3.02. The highest BCUT2D eigenvalue weighted by molar-refractivity contribution is 9.10. The van der Waals surface area contributed by atoms with E-state index in [1.165, 1.54) is 10.8 Å². The van der Waals surface area contributed by atoms with Gasteiger partial charge in [0.1, 0.15) is 5.82 Å². The summed E-state index contributed by atoms with van der Waals surface area (Å²) in [4.78, 5) is 4.45. The van der Waals surface area contributed by atoms with Crippen molar-refractivity contribution in [2.75, 3.05) is 18.4 Å². The van der Waals surface area contributed by atoms with Crippen LogP contribution in [0.25, 0.3) is 10.8 Å². The molecule has 0 spiro atoms. The SMILES string of the molecule is Brc1ccc2c(NC3CCNC3)nccc2c1. The van der Waals surface area contributed by atoms with E-state index in [4.69, 9.17) is 0 Å². The fourth-order valence-corrected chi connectivity index (χ4v) is 2.61. The molecule has 4 heteroatoms. The van der Waals surface area contributed by atoms with E-state index in [9.17, 15) is 0 Å². The highest BCUT2D eigenvalue weighted by Gasteiger charge is 2.15. The number of fused-ring (bicyclic) bond motifs is 1.